The minimum absolute atomic E-state index is 0.326. The fourth-order valence-electron chi connectivity index (χ4n) is 2.92. The number of hydrogen-bond acceptors (Lipinski definition) is 2. The molecule has 6 heteroatoms. The first-order valence-corrected chi connectivity index (χ1v) is 8.15. The zero-order valence-electron chi connectivity index (χ0n) is 11.9. The van der Waals surface area contributed by atoms with E-state index in [0.29, 0.717) is 25.1 Å². The number of anilines is 1. The number of aliphatic carboxylic acids is 1. The third-order valence-electron chi connectivity index (χ3n) is 3.91. The Morgan fingerprint density at radius 3 is 2.76 bits per heavy atom. The minimum Gasteiger partial charge on any atom is -0.479 e. The number of hydrogen-bond donors (Lipinski definition) is 2. The van der Waals surface area contributed by atoms with Gasteiger partial charge in [0.1, 0.15) is 5.54 Å². The lowest BCUT2D eigenvalue weighted by molar-refractivity contribution is -0.148. The van der Waals surface area contributed by atoms with Crippen molar-refractivity contribution in [2.45, 2.75) is 38.1 Å². The summed E-state index contributed by atoms with van der Waals surface area (Å²) in [4.78, 5) is 25.7. The van der Waals surface area contributed by atoms with E-state index in [1.165, 1.54) is 4.90 Å². The van der Waals surface area contributed by atoms with Crippen molar-refractivity contribution < 1.29 is 14.7 Å². The van der Waals surface area contributed by atoms with Crippen molar-refractivity contribution in [3.8, 4) is 0 Å². The molecule has 114 valence electrons. The molecule has 1 fully saturated rings. The molecule has 1 saturated heterocycles. The molecule has 0 spiro atoms. The van der Waals surface area contributed by atoms with E-state index in [0.717, 1.165) is 16.4 Å². The molecule has 2 N–H and O–H groups in total. The average molecular weight is 402 g/mol. The Labute approximate surface area is 137 Å². The van der Waals surface area contributed by atoms with Gasteiger partial charge in [-0.3, -0.25) is 0 Å². The van der Waals surface area contributed by atoms with E-state index in [-0.39, 0.29) is 6.03 Å². The number of halogens is 1. The van der Waals surface area contributed by atoms with Crippen molar-refractivity contribution in [3.05, 3.63) is 27.8 Å². The highest BCUT2D eigenvalue weighted by atomic mass is 127. The summed E-state index contributed by atoms with van der Waals surface area (Å²) in [6.45, 7) is 2.43. The Kier molecular flexibility index (Phi) is 5.08. The van der Waals surface area contributed by atoms with Gasteiger partial charge in [0.05, 0.1) is 5.69 Å². The third kappa shape index (κ3) is 3.14. The van der Waals surface area contributed by atoms with E-state index < -0.39 is 11.5 Å². The highest BCUT2D eigenvalue weighted by molar-refractivity contribution is 14.1. The second-order valence-electron chi connectivity index (χ2n) is 5.25. The molecule has 1 aliphatic heterocycles. The first-order chi connectivity index (χ1) is 10.0. The zero-order valence-corrected chi connectivity index (χ0v) is 14.1. The van der Waals surface area contributed by atoms with Crippen LogP contribution < -0.4 is 5.32 Å². The highest BCUT2D eigenvalue weighted by Gasteiger charge is 2.49. The van der Waals surface area contributed by atoms with Gasteiger partial charge in [-0.1, -0.05) is 25.5 Å². The lowest BCUT2D eigenvalue weighted by Crippen LogP contribution is -2.54. The topological polar surface area (TPSA) is 69.6 Å². The van der Waals surface area contributed by atoms with E-state index in [9.17, 15) is 14.7 Å². The molecule has 0 radical (unpaired) electrons. The summed E-state index contributed by atoms with van der Waals surface area (Å²) in [5, 5.41) is 12.4. The van der Waals surface area contributed by atoms with Crippen LogP contribution in [-0.4, -0.2) is 34.1 Å². The summed E-state index contributed by atoms with van der Waals surface area (Å²) in [6, 6.07) is 7.13. The molecular formula is C15H19IN2O3. The van der Waals surface area contributed by atoms with Gasteiger partial charge in [0.15, 0.2) is 0 Å². The highest BCUT2D eigenvalue weighted by Crippen LogP contribution is 2.34. The fraction of sp³-hybridized carbons (Fsp3) is 0.467. The number of benzene rings is 1. The van der Waals surface area contributed by atoms with Gasteiger partial charge in [-0.25, -0.2) is 9.59 Å². The number of carboxylic acids is 1. The summed E-state index contributed by atoms with van der Waals surface area (Å²) in [5.74, 6) is -0.903. The number of nitrogens with one attached hydrogen (secondary N) is 1. The number of urea groups is 1. The summed E-state index contributed by atoms with van der Waals surface area (Å²) >= 11 is 2.15. The predicted octanol–water partition coefficient (Wildman–Crippen LogP) is 3.54. The van der Waals surface area contributed by atoms with Crippen LogP contribution in [0, 0.1) is 3.57 Å². The molecule has 1 aromatic rings. The molecule has 2 rings (SSSR count). The second-order valence-corrected chi connectivity index (χ2v) is 6.41. The quantitative estimate of drug-likeness (QED) is 0.757. The molecule has 1 atom stereocenters. The number of amides is 2. The van der Waals surface area contributed by atoms with Gasteiger partial charge < -0.3 is 15.3 Å². The Morgan fingerprint density at radius 1 is 1.43 bits per heavy atom. The first kappa shape index (κ1) is 16.1. The van der Waals surface area contributed by atoms with Crippen LogP contribution in [0.2, 0.25) is 0 Å². The standard InChI is InChI=1S/C15H19IN2O3/c1-2-8-15(13(19)20)9-5-10-18(15)14(21)17-12-7-4-3-6-11(12)16/h3-4,6-7H,2,5,8-10H2,1H3,(H,17,21)(H,19,20). The smallest absolute Gasteiger partial charge is 0.329 e. The molecule has 0 aromatic heterocycles. The van der Waals surface area contributed by atoms with E-state index in [1.54, 1.807) is 0 Å². The van der Waals surface area contributed by atoms with Crippen LogP contribution in [0.15, 0.2) is 24.3 Å². The molecule has 1 unspecified atom stereocenters. The maximum atomic E-state index is 12.5. The van der Waals surface area contributed by atoms with Crippen molar-refractivity contribution in [2.24, 2.45) is 0 Å². The Bertz CT molecular complexity index is 549. The molecule has 1 aromatic carbocycles. The second kappa shape index (κ2) is 6.64. The van der Waals surface area contributed by atoms with E-state index in [4.69, 9.17) is 0 Å². The predicted molar refractivity (Wildman–Crippen MR) is 89.4 cm³/mol. The van der Waals surface area contributed by atoms with Crippen LogP contribution in [0.1, 0.15) is 32.6 Å². The maximum absolute atomic E-state index is 12.5. The van der Waals surface area contributed by atoms with Crippen LogP contribution in [0.3, 0.4) is 0 Å². The van der Waals surface area contributed by atoms with Crippen molar-refractivity contribution in [1.29, 1.82) is 0 Å². The molecule has 1 aliphatic rings. The van der Waals surface area contributed by atoms with Gasteiger partial charge in [-0.15, -0.1) is 0 Å². The number of rotatable bonds is 4. The number of likely N-dealkylation sites (tertiary alicyclic amines) is 1. The molecule has 21 heavy (non-hydrogen) atoms. The Balaban J connectivity index is 2.21. The third-order valence-corrected chi connectivity index (χ3v) is 4.85. The molecule has 5 nitrogen and oxygen atoms in total. The summed E-state index contributed by atoms with van der Waals surface area (Å²) in [6.07, 6.45) is 2.47. The lowest BCUT2D eigenvalue weighted by Gasteiger charge is -2.34. The average Bonchev–Trinajstić information content (AvgIpc) is 2.87. The lowest BCUT2D eigenvalue weighted by atomic mass is 9.91. The van der Waals surface area contributed by atoms with Crippen molar-refractivity contribution in [1.82, 2.24) is 4.90 Å². The van der Waals surface area contributed by atoms with Gasteiger partial charge >= 0.3 is 12.0 Å². The largest absolute Gasteiger partial charge is 0.479 e. The molecule has 0 bridgehead atoms. The summed E-state index contributed by atoms with van der Waals surface area (Å²) < 4.78 is 0.930. The number of carbonyl (C=O) groups is 2. The van der Waals surface area contributed by atoms with Gasteiger partial charge in [0.25, 0.3) is 0 Å². The van der Waals surface area contributed by atoms with E-state index in [2.05, 4.69) is 27.9 Å². The van der Waals surface area contributed by atoms with Gasteiger partial charge in [-0.05, 0) is 54.0 Å². The van der Waals surface area contributed by atoms with Crippen LogP contribution in [0.4, 0.5) is 10.5 Å². The SMILES string of the molecule is CCCC1(C(=O)O)CCCN1C(=O)Nc1ccccc1I. The molecule has 0 saturated carbocycles. The monoisotopic (exact) mass is 402 g/mol. The van der Waals surface area contributed by atoms with Gasteiger partial charge in [0, 0.05) is 10.1 Å². The molecular weight excluding hydrogens is 383 g/mol. The zero-order chi connectivity index (χ0) is 15.5. The van der Waals surface area contributed by atoms with Crippen LogP contribution in [0.25, 0.3) is 0 Å². The number of carboxylic acid groups (broad SMARTS) is 1. The fourth-order valence-corrected chi connectivity index (χ4v) is 3.44. The summed E-state index contributed by atoms with van der Waals surface area (Å²) in [5.41, 5.74) is -0.343. The van der Waals surface area contributed by atoms with Gasteiger partial charge in [-0.2, -0.15) is 0 Å². The summed E-state index contributed by atoms with van der Waals surface area (Å²) in [7, 11) is 0. The maximum Gasteiger partial charge on any atom is 0.329 e. The molecule has 1 heterocycles. The Morgan fingerprint density at radius 2 is 2.14 bits per heavy atom. The van der Waals surface area contributed by atoms with Crippen molar-refractivity contribution in [3.63, 3.8) is 0 Å². The van der Waals surface area contributed by atoms with Crippen molar-refractivity contribution in [2.75, 3.05) is 11.9 Å². The van der Waals surface area contributed by atoms with Crippen LogP contribution in [-0.2, 0) is 4.79 Å². The van der Waals surface area contributed by atoms with Crippen LogP contribution >= 0.6 is 22.6 Å². The minimum atomic E-state index is -1.06. The number of nitrogens with zero attached hydrogens (tertiary/aromatic N) is 1. The Hall–Kier alpha value is -1.31. The molecule has 0 aliphatic carbocycles. The van der Waals surface area contributed by atoms with Gasteiger partial charge in [0.2, 0.25) is 0 Å². The van der Waals surface area contributed by atoms with E-state index in [1.807, 2.05) is 31.2 Å². The first-order valence-electron chi connectivity index (χ1n) is 7.08. The number of carbonyl (C=O) groups excluding carboxylic acids is 1. The van der Waals surface area contributed by atoms with E-state index >= 15 is 0 Å². The normalized spacial score (nSPS) is 21.3. The number of para-hydroxylation sites is 1. The van der Waals surface area contributed by atoms with Crippen molar-refractivity contribution >= 4 is 40.3 Å². The molecule has 2 amide bonds. The van der Waals surface area contributed by atoms with Crippen LogP contribution in [0.5, 0.6) is 0 Å².